The molecule has 0 aliphatic carbocycles. The fourth-order valence-corrected chi connectivity index (χ4v) is 1.86. The number of carbonyl (C=O) groups excluding carboxylic acids is 1. The van der Waals surface area contributed by atoms with Gasteiger partial charge in [-0.25, -0.2) is 4.39 Å². The van der Waals surface area contributed by atoms with Crippen molar-refractivity contribution in [2.24, 2.45) is 0 Å². The molecule has 0 aliphatic rings. The average Bonchev–Trinajstić information content (AvgIpc) is 2.43. The molecule has 2 nitrogen and oxygen atoms in total. The van der Waals surface area contributed by atoms with E-state index in [1.807, 2.05) is 30.3 Å². The van der Waals surface area contributed by atoms with Gasteiger partial charge in [0.25, 0.3) is 0 Å². The minimum atomic E-state index is -0.305. The molecular formula is C16H16FNO. The molecule has 1 N–H and O–H groups in total. The van der Waals surface area contributed by atoms with Gasteiger partial charge in [0.1, 0.15) is 5.82 Å². The van der Waals surface area contributed by atoms with Crippen LogP contribution in [-0.2, 0) is 11.2 Å². The van der Waals surface area contributed by atoms with E-state index in [4.69, 9.17) is 0 Å². The van der Waals surface area contributed by atoms with Crippen molar-refractivity contribution in [1.29, 1.82) is 0 Å². The van der Waals surface area contributed by atoms with E-state index in [0.717, 1.165) is 5.56 Å². The maximum Gasteiger partial charge on any atom is 0.224 e. The Kier molecular flexibility index (Phi) is 4.29. The van der Waals surface area contributed by atoms with Crippen LogP contribution in [0.5, 0.6) is 0 Å². The summed E-state index contributed by atoms with van der Waals surface area (Å²) < 4.78 is 13.3. The van der Waals surface area contributed by atoms with Crippen molar-refractivity contribution in [3.63, 3.8) is 0 Å². The SMILES string of the molecule is Cc1c(F)cccc1NC(=O)CCc1ccccc1. The molecule has 0 saturated heterocycles. The van der Waals surface area contributed by atoms with Crippen LogP contribution in [0.25, 0.3) is 0 Å². The first kappa shape index (κ1) is 13.3. The largest absolute Gasteiger partial charge is 0.326 e. The van der Waals surface area contributed by atoms with Gasteiger partial charge < -0.3 is 5.32 Å². The number of nitrogens with one attached hydrogen (secondary N) is 1. The van der Waals surface area contributed by atoms with Crippen molar-refractivity contribution < 1.29 is 9.18 Å². The van der Waals surface area contributed by atoms with Crippen molar-refractivity contribution in [2.75, 3.05) is 5.32 Å². The maximum atomic E-state index is 13.3. The lowest BCUT2D eigenvalue weighted by atomic mass is 10.1. The summed E-state index contributed by atoms with van der Waals surface area (Å²) in [5, 5.41) is 2.74. The smallest absolute Gasteiger partial charge is 0.224 e. The molecule has 2 rings (SSSR count). The standard InChI is InChI=1S/C16H16FNO/c1-12-14(17)8-5-9-15(12)18-16(19)11-10-13-6-3-2-4-7-13/h2-9H,10-11H2,1H3,(H,18,19). The normalized spacial score (nSPS) is 10.2. The van der Waals surface area contributed by atoms with Gasteiger partial charge >= 0.3 is 0 Å². The van der Waals surface area contributed by atoms with Crippen LogP contribution < -0.4 is 5.32 Å². The van der Waals surface area contributed by atoms with E-state index >= 15 is 0 Å². The molecular weight excluding hydrogens is 241 g/mol. The van der Waals surface area contributed by atoms with E-state index in [0.29, 0.717) is 24.1 Å². The summed E-state index contributed by atoms with van der Waals surface area (Å²) in [6, 6.07) is 14.5. The van der Waals surface area contributed by atoms with Gasteiger partial charge in [-0.05, 0) is 31.0 Å². The number of rotatable bonds is 4. The predicted molar refractivity (Wildman–Crippen MR) is 74.5 cm³/mol. The fourth-order valence-electron chi connectivity index (χ4n) is 1.86. The minimum absolute atomic E-state index is 0.0995. The second kappa shape index (κ2) is 6.14. The van der Waals surface area contributed by atoms with Crippen LogP contribution in [0, 0.1) is 12.7 Å². The van der Waals surface area contributed by atoms with Crippen molar-refractivity contribution in [2.45, 2.75) is 19.8 Å². The Hall–Kier alpha value is -2.16. The molecule has 0 aromatic heterocycles. The molecule has 0 heterocycles. The van der Waals surface area contributed by atoms with Gasteiger partial charge in [0, 0.05) is 17.7 Å². The van der Waals surface area contributed by atoms with E-state index in [1.54, 1.807) is 19.1 Å². The van der Waals surface area contributed by atoms with Gasteiger partial charge in [0.15, 0.2) is 0 Å². The molecule has 0 unspecified atom stereocenters. The van der Waals surface area contributed by atoms with Gasteiger partial charge in [0.05, 0.1) is 0 Å². The summed E-state index contributed by atoms with van der Waals surface area (Å²) in [6.07, 6.45) is 1.07. The average molecular weight is 257 g/mol. The molecule has 0 aliphatic heterocycles. The van der Waals surface area contributed by atoms with Crippen LogP contribution in [0.1, 0.15) is 17.5 Å². The highest BCUT2D eigenvalue weighted by molar-refractivity contribution is 5.91. The number of anilines is 1. The number of hydrogen-bond acceptors (Lipinski definition) is 1. The second-order valence-corrected chi connectivity index (χ2v) is 4.45. The van der Waals surface area contributed by atoms with E-state index in [9.17, 15) is 9.18 Å². The number of hydrogen-bond donors (Lipinski definition) is 1. The quantitative estimate of drug-likeness (QED) is 0.889. The zero-order valence-electron chi connectivity index (χ0n) is 10.8. The lowest BCUT2D eigenvalue weighted by Gasteiger charge is -2.08. The molecule has 0 bridgehead atoms. The van der Waals surface area contributed by atoms with Crippen molar-refractivity contribution in [1.82, 2.24) is 0 Å². The van der Waals surface area contributed by atoms with Crippen molar-refractivity contribution >= 4 is 11.6 Å². The lowest BCUT2D eigenvalue weighted by Crippen LogP contribution is -2.13. The summed E-state index contributed by atoms with van der Waals surface area (Å²) >= 11 is 0. The zero-order valence-corrected chi connectivity index (χ0v) is 10.8. The van der Waals surface area contributed by atoms with Crippen LogP contribution >= 0.6 is 0 Å². The lowest BCUT2D eigenvalue weighted by molar-refractivity contribution is -0.116. The third kappa shape index (κ3) is 3.65. The maximum absolute atomic E-state index is 13.3. The van der Waals surface area contributed by atoms with Crippen molar-refractivity contribution in [3.05, 3.63) is 65.5 Å². The monoisotopic (exact) mass is 257 g/mol. The molecule has 2 aromatic rings. The number of aryl methyl sites for hydroxylation is 1. The van der Waals surface area contributed by atoms with Crippen LogP contribution in [0.3, 0.4) is 0 Å². The Balaban J connectivity index is 1.93. The molecule has 3 heteroatoms. The summed E-state index contributed by atoms with van der Waals surface area (Å²) in [4.78, 5) is 11.8. The molecule has 0 radical (unpaired) electrons. The molecule has 19 heavy (non-hydrogen) atoms. The minimum Gasteiger partial charge on any atom is -0.326 e. The Bertz CT molecular complexity index is 566. The topological polar surface area (TPSA) is 29.1 Å². The molecule has 2 aromatic carbocycles. The third-order valence-corrected chi connectivity index (χ3v) is 3.03. The first-order valence-electron chi connectivity index (χ1n) is 6.25. The molecule has 0 fully saturated rings. The number of benzene rings is 2. The van der Waals surface area contributed by atoms with Gasteiger partial charge in [-0.2, -0.15) is 0 Å². The third-order valence-electron chi connectivity index (χ3n) is 3.03. The Labute approximate surface area is 112 Å². The zero-order chi connectivity index (χ0) is 13.7. The highest BCUT2D eigenvalue weighted by Gasteiger charge is 2.07. The summed E-state index contributed by atoms with van der Waals surface area (Å²) in [6.45, 7) is 1.65. The first-order valence-corrected chi connectivity index (χ1v) is 6.25. The molecule has 98 valence electrons. The first-order chi connectivity index (χ1) is 9.16. The number of carbonyl (C=O) groups is 1. The molecule has 0 spiro atoms. The second-order valence-electron chi connectivity index (χ2n) is 4.45. The Morgan fingerprint density at radius 3 is 2.58 bits per heavy atom. The van der Waals surface area contributed by atoms with Gasteiger partial charge in [-0.1, -0.05) is 36.4 Å². The predicted octanol–water partition coefficient (Wildman–Crippen LogP) is 3.71. The van der Waals surface area contributed by atoms with Gasteiger partial charge in [0.2, 0.25) is 5.91 Å². The van der Waals surface area contributed by atoms with Gasteiger partial charge in [-0.3, -0.25) is 4.79 Å². The van der Waals surface area contributed by atoms with Crippen LogP contribution in [0.2, 0.25) is 0 Å². The van der Waals surface area contributed by atoms with E-state index < -0.39 is 0 Å². The molecule has 0 atom stereocenters. The highest BCUT2D eigenvalue weighted by Crippen LogP contribution is 2.17. The van der Waals surface area contributed by atoms with E-state index in [2.05, 4.69) is 5.32 Å². The van der Waals surface area contributed by atoms with Crippen LogP contribution in [-0.4, -0.2) is 5.91 Å². The fraction of sp³-hybridized carbons (Fsp3) is 0.188. The van der Waals surface area contributed by atoms with Crippen LogP contribution in [0.4, 0.5) is 10.1 Å². The Morgan fingerprint density at radius 2 is 1.84 bits per heavy atom. The van der Waals surface area contributed by atoms with Crippen LogP contribution in [0.15, 0.2) is 48.5 Å². The number of halogens is 1. The molecule has 0 saturated carbocycles. The van der Waals surface area contributed by atoms with E-state index in [-0.39, 0.29) is 11.7 Å². The Morgan fingerprint density at radius 1 is 1.11 bits per heavy atom. The summed E-state index contributed by atoms with van der Waals surface area (Å²) in [5.74, 6) is -0.404. The summed E-state index contributed by atoms with van der Waals surface area (Å²) in [7, 11) is 0. The summed E-state index contributed by atoms with van der Waals surface area (Å²) in [5.41, 5.74) is 2.13. The van der Waals surface area contributed by atoms with Crippen molar-refractivity contribution in [3.8, 4) is 0 Å². The van der Waals surface area contributed by atoms with Gasteiger partial charge in [-0.15, -0.1) is 0 Å². The molecule has 1 amide bonds. The number of amides is 1. The van der Waals surface area contributed by atoms with E-state index in [1.165, 1.54) is 6.07 Å². The highest BCUT2D eigenvalue weighted by atomic mass is 19.1.